The summed E-state index contributed by atoms with van der Waals surface area (Å²) in [4.78, 5) is 0. The maximum atomic E-state index is 5.32. The maximum Gasteiger partial charge on any atom is 0.144 e. The molecule has 1 aromatic heterocycles. The number of methoxy groups -OCH3 is 1. The predicted octanol–water partition coefficient (Wildman–Crippen LogP) is 1.82. The highest BCUT2D eigenvalue weighted by Crippen LogP contribution is 2.20. The van der Waals surface area contributed by atoms with Gasteiger partial charge in [-0.2, -0.15) is 0 Å². The Labute approximate surface area is 102 Å². The van der Waals surface area contributed by atoms with Crippen molar-refractivity contribution in [3.8, 4) is 11.4 Å². The first kappa shape index (κ1) is 11.9. The van der Waals surface area contributed by atoms with E-state index in [1.807, 2.05) is 30.5 Å². The first-order chi connectivity index (χ1) is 8.02. The molecule has 90 valence electrons. The van der Waals surface area contributed by atoms with Crippen molar-refractivity contribution < 1.29 is 4.74 Å². The minimum Gasteiger partial charge on any atom is -0.494 e. The minimum absolute atomic E-state index is 0.805. The van der Waals surface area contributed by atoms with Crippen LogP contribution in [0.1, 0.15) is 0 Å². The maximum absolute atomic E-state index is 5.32. The molecule has 0 spiro atoms. The molecule has 2 rings (SSSR count). The van der Waals surface area contributed by atoms with E-state index < -0.39 is 8.07 Å². The Morgan fingerprint density at radius 1 is 1.18 bits per heavy atom. The average Bonchev–Trinajstić information content (AvgIpc) is 2.77. The molecular weight excluding hydrogens is 230 g/mol. The zero-order valence-electron chi connectivity index (χ0n) is 10.6. The fourth-order valence-electron chi connectivity index (χ4n) is 1.54. The van der Waals surface area contributed by atoms with Crippen LogP contribution in [0.15, 0.2) is 30.5 Å². The molecule has 0 aliphatic carbocycles. The van der Waals surface area contributed by atoms with E-state index in [9.17, 15) is 0 Å². The zero-order chi connectivity index (χ0) is 12.5. The minimum atomic E-state index is -1.41. The van der Waals surface area contributed by atoms with Crippen molar-refractivity contribution in [1.82, 2.24) is 15.0 Å². The van der Waals surface area contributed by atoms with Crippen molar-refractivity contribution in [1.29, 1.82) is 0 Å². The Morgan fingerprint density at radius 2 is 1.88 bits per heavy atom. The lowest BCUT2D eigenvalue weighted by molar-refractivity contribution is 0.411. The SMILES string of the molecule is COc1ccccc1-n1cc([Si](C)(C)C)nn1. The van der Waals surface area contributed by atoms with Gasteiger partial charge in [0.25, 0.3) is 0 Å². The summed E-state index contributed by atoms with van der Waals surface area (Å²) < 4.78 is 7.10. The fraction of sp³-hybridized carbons (Fsp3) is 0.333. The second-order valence-electron chi connectivity index (χ2n) is 4.97. The van der Waals surface area contributed by atoms with Crippen LogP contribution in [0.25, 0.3) is 5.69 Å². The lowest BCUT2D eigenvalue weighted by Gasteiger charge is -2.10. The molecule has 17 heavy (non-hydrogen) atoms. The van der Waals surface area contributed by atoms with Crippen LogP contribution < -0.4 is 10.1 Å². The summed E-state index contributed by atoms with van der Waals surface area (Å²) in [7, 11) is 0.254. The Morgan fingerprint density at radius 3 is 2.47 bits per heavy atom. The van der Waals surface area contributed by atoms with Gasteiger partial charge in [-0.25, -0.2) is 4.68 Å². The quantitative estimate of drug-likeness (QED) is 0.777. The molecule has 0 aliphatic heterocycles. The molecule has 0 aliphatic rings. The molecule has 0 amide bonds. The van der Waals surface area contributed by atoms with Gasteiger partial charge in [0, 0.05) is 6.20 Å². The summed E-state index contributed by atoms with van der Waals surface area (Å²) in [5, 5.41) is 9.54. The lowest BCUT2D eigenvalue weighted by Crippen LogP contribution is -2.38. The van der Waals surface area contributed by atoms with Crippen LogP contribution in [0.5, 0.6) is 5.75 Å². The number of hydrogen-bond donors (Lipinski definition) is 0. The van der Waals surface area contributed by atoms with Gasteiger partial charge in [0.05, 0.1) is 12.4 Å². The van der Waals surface area contributed by atoms with E-state index in [4.69, 9.17) is 4.74 Å². The van der Waals surface area contributed by atoms with Crippen LogP contribution in [0.4, 0.5) is 0 Å². The van der Waals surface area contributed by atoms with Gasteiger partial charge in [0.2, 0.25) is 0 Å². The van der Waals surface area contributed by atoms with Gasteiger partial charge in [0.15, 0.2) is 0 Å². The van der Waals surface area contributed by atoms with E-state index >= 15 is 0 Å². The second-order valence-corrected chi connectivity index (χ2v) is 9.98. The van der Waals surface area contributed by atoms with Gasteiger partial charge in [-0.1, -0.05) is 37.0 Å². The van der Waals surface area contributed by atoms with Crippen molar-refractivity contribution >= 4 is 13.4 Å². The van der Waals surface area contributed by atoms with Gasteiger partial charge in [0.1, 0.15) is 19.5 Å². The zero-order valence-corrected chi connectivity index (χ0v) is 11.6. The van der Waals surface area contributed by atoms with Crippen molar-refractivity contribution in [2.24, 2.45) is 0 Å². The van der Waals surface area contributed by atoms with Gasteiger partial charge in [-0.3, -0.25) is 0 Å². The van der Waals surface area contributed by atoms with Crippen molar-refractivity contribution in [3.05, 3.63) is 30.5 Å². The molecule has 1 aromatic carbocycles. The molecule has 5 heteroatoms. The van der Waals surface area contributed by atoms with Crippen molar-refractivity contribution in [3.63, 3.8) is 0 Å². The molecular formula is C12H17N3OSi. The second kappa shape index (κ2) is 4.33. The van der Waals surface area contributed by atoms with Crippen LogP contribution in [-0.4, -0.2) is 30.2 Å². The smallest absolute Gasteiger partial charge is 0.144 e. The van der Waals surface area contributed by atoms with E-state index in [0.717, 1.165) is 16.8 Å². The normalized spacial score (nSPS) is 11.5. The molecule has 2 aromatic rings. The number of aromatic nitrogens is 3. The standard InChI is InChI=1S/C12H17N3OSi/c1-16-11-8-6-5-7-10(11)15-9-12(13-14-15)17(2,3)4/h5-9H,1-4H3. The molecule has 0 fully saturated rings. The van der Waals surface area contributed by atoms with E-state index in [2.05, 4.69) is 30.0 Å². The summed E-state index contributed by atoms with van der Waals surface area (Å²) in [5.74, 6) is 0.805. The number of nitrogens with zero attached hydrogens (tertiary/aromatic N) is 3. The Balaban J connectivity index is 2.44. The highest BCUT2D eigenvalue weighted by atomic mass is 28.3. The third kappa shape index (κ3) is 2.39. The molecule has 0 N–H and O–H groups in total. The van der Waals surface area contributed by atoms with Crippen LogP contribution in [0.2, 0.25) is 19.6 Å². The molecule has 0 radical (unpaired) electrons. The van der Waals surface area contributed by atoms with E-state index in [1.165, 1.54) is 0 Å². The third-order valence-electron chi connectivity index (χ3n) is 2.59. The number of rotatable bonds is 3. The predicted molar refractivity (Wildman–Crippen MR) is 70.9 cm³/mol. The van der Waals surface area contributed by atoms with E-state index in [0.29, 0.717) is 0 Å². The molecule has 0 saturated carbocycles. The third-order valence-corrected chi connectivity index (χ3v) is 4.36. The fourth-order valence-corrected chi connectivity index (χ4v) is 2.40. The number of ether oxygens (including phenoxy) is 1. The lowest BCUT2D eigenvalue weighted by atomic mass is 10.3. The summed E-state index contributed by atoms with van der Waals surface area (Å²) >= 11 is 0. The van der Waals surface area contributed by atoms with Crippen LogP contribution in [-0.2, 0) is 0 Å². The number of benzene rings is 1. The Hall–Kier alpha value is -1.62. The summed E-state index contributed by atoms with van der Waals surface area (Å²) in [6, 6.07) is 7.80. The van der Waals surface area contributed by atoms with Gasteiger partial charge in [-0.15, -0.1) is 5.10 Å². The van der Waals surface area contributed by atoms with Crippen LogP contribution in [0, 0.1) is 0 Å². The molecule has 0 saturated heterocycles. The van der Waals surface area contributed by atoms with Gasteiger partial charge < -0.3 is 4.74 Å². The first-order valence-electron chi connectivity index (χ1n) is 5.58. The average molecular weight is 247 g/mol. The highest BCUT2D eigenvalue weighted by Gasteiger charge is 2.21. The molecule has 0 bridgehead atoms. The summed E-state index contributed by atoms with van der Waals surface area (Å²) in [5.41, 5.74) is 0.923. The first-order valence-corrected chi connectivity index (χ1v) is 9.08. The van der Waals surface area contributed by atoms with Crippen molar-refractivity contribution in [2.45, 2.75) is 19.6 Å². The van der Waals surface area contributed by atoms with E-state index in [-0.39, 0.29) is 0 Å². The molecule has 0 atom stereocenters. The summed E-state index contributed by atoms with van der Waals surface area (Å²) in [6.07, 6.45) is 2.00. The Kier molecular flexibility index (Phi) is 3.02. The number of hydrogen-bond acceptors (Lipinski definition) is 3. The van der Waals surface area contributed by atoms with E-state index in [1.54, 1.807) is 11.8 Å². The number of para-hydroxylation sites is 2. The van der Waals surface area contributed by atoms with Crippen LogP contribution in [0.3, 0.4) is 0 Å². The monoisotopic (exact) mass is 247 g/mol. The van der Waals surface area contributed by atoms with Gasteiger partial charge in [-0.05, 0) is 12.1 Å². The van der Waals surface area contributed by atoms with Crippen LogP contribution >= 0.6 is 0 Å². The van der Waals surface area contributed by atoms with Gasteiger partial charge >= 0.3 is 0 Å². The molecule has 0 unspecified atom stereocenters. The topological polar surface area (TPSA) is 39.9 Å². The molecule has 1 heterocycles. The summed E-state index contributed by atoms with van der Waals surface area (Å²) in [6.45, 7) is 6.76. The Bertz CT molecular complexity index is 516. The molecule has 4 nitrogen and oxygen atoms in total. The largest absolute Gasteiger partial charge is 0.494 e. The van der Waals surface area contributed by atoms with Crippen molar-refractivity contribution in [2.75, 3.05) is 7.11 Å². The highest BCUT2D eigenvalue weighted by molar-refractivity contribution is 6.88.